The van der Waals surface area contributed by atoms with Crippen molar-refractivity contribution in [3.05, 3.63) is 41.2 Å². The molecule has 8 nitrogen and oxygen atoms in total. The van der Waals surface area contributed by atoms with Crippen molar-refractivity contribution in [3.8, 4) is 0 Å². The molecule has 9 heteroatoms. The van der Waals surface area contributed by atoms with Gasteiger partial charge in [0.2, 0.25) is 0 Å². The van der Waals surface area contributed by atoms with E-state index < -0.39 is 0 Å². The van der Waals surface area contributed by atoms with Gasteiger partial charge in [-0.1, -0.05) is 11.3 Å². The van der Waals surface area contributed by atoms with E-state index in [1.807, 2.05) is 12.1 Å². The van der Waals surface area contributed by atoms with E-state index in [0.717, 1.165) is 28.3 Å². The minimum atomic E-state index is -0.0613. The average molecular weight is 353 g/mol. The molecule has 0 aromatic carbocycles. The summed E-state index contributed by atoms with van der Waals surface area (Å²) in [6.45, 7) is 0. The Kier molecular flexibility index (Phi) is 3.11. The van der Waals surface area contributed by atoms with Crippen LogP contribution in [-0.2, 0) is 7.05 Å². The third-order valence-electron chi connectivity index (χ3n) is 4.67. The molecule has 4 aromatic heterocycles. The Bertz CT molecular complexity index is 1110. The topological polar surface area (TPSA) is 90.5 Å². The summed E-state index contributed by atoms with van der Waals surface area (Å²) in [4.78, 5) is 30.9. The van der Waals surface area contributed by atoms with Gasteiger partial charge in [-0.05, 0) is 25.0 Å². The molecule has 1 aliphatic carbocycles. The summed E-state index contributed by atoms with van der Waals surface area (Å²) in [5, 5.41) is 4.33. The highest BCUT2D eigenvalue weighted by atomic mass is 32.1. The zero-order valence-electron chi connectivity index (χ0n) is 13.5. The van der Waals surface area contributed by atoms with Crippen LogP contribution in [0.4, 0.5) is 5.13 Å². The van der Waals surface area contributed by atoms with Crippen LogP contribution >= 0.6 is 11.3 Å². The highest BCUT2D eigenvalue weighted by Gasteiger charge is 2.34. The van der Waals surface area contributed by atoms with E-state index in [1.54, 1.807) is 46.1 Å². The van der Waals surface area contributed by atoms with Crippen molar-refractivity contribution in [1.82, 2.24) is 29.1 Å². The van der Waals surface area contributed by atoms with Gasteiger partial charge >= 0.3 is 5.69 Å². The second-order valence-electron chi connectivity index (χ2n) is 6.23. The van der Waals surface area contributed by atoms with Crippen molar-refractivity contribution in [3.63, 3.8) is 0 Å². The summed E-state index contributed by atoms with van der Waals surface area (Å²) in [6.07, 6.45) is 6.73. The molecular formula is C16H15N7OS. The monoisotopic (exact) mass is 353 g/mol. The minimum Gasteiger partial charge on any atom is -0.359 e. The quantitative estimate of drug-likeness (QED) is 0.605. The predicted octanol–water partition coefficient (Wildman–Crippen LogP) is 1.95. The number of nitrogens with zero attached hydrogens (tertiary/aromatic N) is 6. The Morgan fingerprint density at radius 1 is 1.16 bits per heavy atom. The molecule has 5 rings (SSSR count). The van der Waals surface area contributed by atoms with Crippen LogP contribution in [0.1, 0.15) is 18.9 Å². The van der Waals surface area contributed by atoms with Gasteiger partial charge < -0.3 is 5.32 Å². The first-order valence-electron chi connectivity index (χ1n) is 8.07. The van der Waals surface area contributed by atoms with Crippen LogP contribution in [-0.4, -0.2) is 35.1 Å². The number of rotatable bonds is 3. The summed E-state index contributed by atoms with van der Waals surface area (Å²) in [6, 6.07) is 4.28. The molecule has 0 spiro atoms. The third kappa shape index (κ3) is 2.23. The molecule has 1 N–H and O–H groups in total. The first-order valence-corrected chi connectivity index (χ1v) is 8.88. The van der Waals surface area contributed by atoms with Crippen molar-refractivity contribution in [2.45, 2.75) is 24.9 Å². The van der Waals surface area contributed by atoms with E-state index >= 15 is 0 Å². The van der Waals surface area contributed by atoms with Gasteiger partial charge in [0, 0.05) is 37.7 Å². The lowest BCUT2D eigenvalue weighted by Gasteiger charge is -2.36. The highest BCUT2D eigenvalue weighted by Crippen LogP contribution is 2.36. The van der Waals surface area contributed by atoms with Gasteiger partial charge in [0.15, 0.2) is 16.4 Å². The van der Waals surface area contributed by atoms with Gasteiger partial charge in [0.05, 0.1) is 0 Å². The number of thiazole rings is 1. The molecule has 0 amide bonds. The summed E-state index contributed by atoms with van der Waals surface area (Å²) < 4.78 is 3.32. The number of pyridine rings is 1. The fourth-order valence-electron chi connectivity index (χ4n) is 3.32. The van der Waals surface area contributed by atoms with E-state index in [0.29, 0.717) is 17.3 Å². The third-order valence-corrected chi connectivity index (χ3v) is 5.58. The normalized spacial score (nSPS) is 20.0. The molecule has 1 saturated carbocycles. The van der Waals surface area contributed by atoms with Crippen LogP contribution in [0.5, 0.6) is 0 Å². The fraction of sp³-hybridized carbons (Fsp3) is 0.312. The Hall–Kier alpha value is -2.81. The zero-order valence-corrected chi connectivity index (χ0v) is 14.3. The molecule has 0 atom stereocenters. The smallest absolute Gasteiger partial charge is 0.331 e. The van der Waals surface area contributed by atoms with E-state index in [2.05, 4.69) is 25.3 Å². The standard InChI is InChI=1S/C16H15N7OS/c1-22-12-13(18-6-5-17-12)23(16(22)24)10-7-9(8-10)20-15-21-11-3-2-4-19-14(11)25-15/h2-6,9-10H,7-8H2,1H3,(H,20,21)/t9-,10-. The maximum absolute atomic E-state index is 12.5. The summed E-state index contributed by atoms with van der Waals surface area (Å²) in [5.74, 6) is 0. The molecule has 4 aromatic rings. The largest absolute Gasteiger partial charge is 0.359 e. The maximum atomic E-state index is 12.5. The van der Waals surface area contributed by atoms with E-state index in [-0.39, 0.29) is 11.7 Å². The summed E-state index contributed by atoms with van der Waals surface area (Å²) in [7, 11) is 1.73. The van der Waals surface area contributed by atoms with Gasteiger partial charge in [0.1, 0.15) is 10.3 Å². The second kappa shape index (κ2) is 5.35. The molecule has 0 radical (unpaired) electrons. The number of nitrogens with one attached hydrogen (secondary N) is 1. The Morgan fingerprint density at radius 3 is 2.76 bits per heavy atom. The van der Waals surface area contributed by atoms with Crippen LogP contribution in [0.2, 0.25) is 0 Å². The number of imidazole rings is 1. The summed E-state index contributed by atoms with van der Waals surface area (Å²) in [5.41, 5.74) is 2.13. The van der Waals surface area contributed by atoms with Crippen molar-refractivity contribution in [1.29, 1.82) is 0 Å². The molecule has 126 valence electrons. The van der Waals surface area contributed by atoms with Crippen molar-refractivity contribution >= 4 is 38.1 Å². The van der Waals surface area contributed by atoms with Crippen molar-refractivity contribution in [2.75, 3.05) is 5.32 Å². The number of fused-ring (bicyclic) bond motifs is 2. The van der Waals surface area contributed by atoms with Crippen LogP contribution in [0.15, 0.2) is 35.5 Å². The van der Waals surface area contributed by atoms with Gasteiger partial charge in [-0.3, -0.25) is 9.13 Å². The van der Waals surface area contributed by atoms with E-state index in [4.69, 9.17) is 0 Å². The molecule has 0 bridgehead atoms. The fourth-order valence-corrected chi connectivity index (χ4v) is 4.21. The molecule has 0 unspecified atom stereocenters. The van der Waals surface area contributed by atoms with Gasteiger partial charge in [0.25, 0.3) is 0 Å². The lowest BCUT2D eigenvalue weighted by Crippen LogP contribution is -2.40. The predicted molar refractivity (Wildman–Crippen MR) is 95.9 cm³/mol. The Balaban J connectivity index is 1.37. The second-order valence-corrected chi connectivity index (χ2v) is 7.21. The Labute approximate surface area is 146 Å². The van der Waals surface area contributed by atoms with Crippen LogP contribution in [0, 0.1) is 0 Å². The highest BCUT2D eigenvalue weighted by molar-refractivity contribution is 7.21. The molecule has 4 heterocycles. The average Bonchev–Trinajstić information content (AvgIpc) is 3.11. The zero-order chi connectivity index (χ0) is 17.0. The number of aromatic nitrogens is 6. The molecule has 1 aliphatic rings. The van der Waals surface area contributed by atoms with E-state index in [1.165, 1.54) is 0 Å². The molecule has 1 fully saturated rings. The van der Waals surface area contributed by atoms with Crippen LogP contribution in [0.3, 0.4) is 0 Å². The van der Waals surface area contributed by atoms with Crippen molar-refractivity contribution in [2.24, 2.45) is 7.05 Å². The maximum Gasteiger partial charge on any atom is 0.331 e. The number of aryl methyl sites for hydroxylation is 1. The van der Waals surface area contributed by atoms with E-state index in [9.17, 15) is 4.79 Å². The molecule has 25 heavy (non-hydrogen) atoms. The van der Waals surface area contributed by atoms with Crippen LogP contribution < -0.4 is 11.0 Å². The first-order chi connectivity index (χ1) is 12.2. The van der Waals surface area contributed by atoms with Gasteiger partial charge in [-0.15, -0.1) is 0 Å². The first kappa shape index (κ1) is 14.5. The molecular weight excluding hydrogens is 338 g/mol. The van der Waals surface area contributed by atoms with Crippen molar-refractivity contribution < 1.29 is 0 Å². The summed E-state index contributed by atoms with van der Waals surface area (Å²) >= 11 is 1.55. The van der Waals surface area contributed by atoms with Crippen LogP contribution in [0.25, 0.3) is 21.6 Å². The van der Waals surface area contributed by atoms with Gasteiger partial charge in [-0.2, -0.15) is 0 Å². The molecule has 0 saturated heterocycles. The lowest BCUT2D eigenvalue weighted by atomic mass is 9.86. The van der Waals surface area contributed by atoms with Gasteiger partial charge in [-0.25, -0.2) is 24.7 Å². The number of hydrogen-bond acceptors (Lipinski definition) is 7. The Morgan fingerprint density at radius 2 is 1.96 bits per heavy atom. The number of anilines is 1. The minimum absolute atomic E-state index is 0.0613. The molecule has 0 aliphatic heterocycles. The lowest BCUT2D eigenvalue weighted by molar-refractivity contribution is 0.280. The number of hydrogen-bond donors (Lipinski definition) is 1. The SMILES string of the molecule is Cn1c(=O)n([C@H]2C[C@H](Nc3nc4cccnc4s3)C2)c2nccnc21.